The third-order valence-corrected chi connectivity index (χ3v) is 3.07. The maximum atomic E-state index is 10.6. The summed E-state index contributed by atoms with van der Waals surface area (Å²) < 4.78 is 0. The second kappa shape index (κ2) is 5.45. The number of nitrogens with zero attached hydrogens (tertiary/aromatic N) is 2. The van der Waals surface area contributed by atoms with Crippen molar-refractivity contribution in [3.8, 4) is 0 Å². The van der Waals surface area contributed by atoms with Gasteiger partial charge in [-0.1, -0.05) is 18.2 Å². The molecule has 2 rings (SSSR count). The summed E-state index contributed by atoms with van der Waals surface area (Å²) in [4.78, 5) is 19.7. The summed E-state index contributed by atoms with van der Waals surface area (Å²) in [5.41, 5.74) is 0.110. The molecule has 0 aliphatic carbocycles. The minimum atomic E-state index is -1.01. The Bertz CT molecular complexity index is 500. The van der Waals surface area contributed by atoms with E-state index in [1.807, 2.05) is 30.3 Å². The fourth-order valence-corrected chi connectivity index (χ4v) is 2.00. The van der Waals surface area contributed by atoms with Crippen LogP contribution in [-0.2, 0) is 5.75 Å². The standard InChI is InChI=1S/C12H10N2O2S/c15-12(16)9-6-13-11(14-7-9)8-17-10-4-2-1-3-5-10/h1-7H,8H2,(H,15,16). The molecule has 0 fully saturated rings. The van der Waals surface area contributed by atoms with E-state index in [2.05, 4.69) is 9.97 Å². The minimum Gasteiger partial charge on any atom is -0.478 e. The van der Waals surface area contributed by atoms with Gasteiger partial charge in [0, 0.05) is 17.3 Å². The van der Waals surface area contributed by atoms with Gasteiger partial charge in [-0.05, 0) is 12.1 Å². The number of hydrogen-bond donors (Lipinski definition) is 1. The highest BCUT2D eigenvalue weighted by Gasteiger charge is 2.04. The van der Waals surface area contributed by atoms with Crippen LogP contribution >= 0.6 is 11.8 Å². The van der Waals surface area contributed by atoms with Crippen molar-refractivity contribution in [2.45, 2.75) is 10.6 Å². The first kappa shape index (κ1) is 11.6. The molecule has 17 heavy (non-hydrogen) atoms. The van der Waals surface area contributed by atoms with Crippen LogP contribution in [0.2, 0.25) is 0 Å². The van der Waals surface area contributed by atoms with Crippen molar-refractivity contribution >= 4 is 17.7 Å². The van der Waals surface area contributed by atoms with Crippen LogP contribution in [0.5, 0.6) is 0 Å². The molecule has 1 heterocycles. The first-order valence-electron chi connectivity index (χ1n) is 4.98. The molecule has 0 aliphatic heterocycles. The molecule has 0 radical (unpaired) electrons. The lowest BCUT2D eigenvalue weighted by atomic mass is 10.3. The molecule has 4 nitrogen and oxygen atoms in total. The molecule has 2 aromatic rings. The molecule has 1 aromatic carbocycles. The van der Waals surface area contributed by atoms with E-state index in [-0.39, 0.29) is 5.56 Å². The smallest absolute Gasteiger partial charge is 0.338 e. The second-order valence-corrected chi connectivity index (χ2v) is 4.34. The van der Waals surface area contributed by atoms with Gasteiger partial charge in [0.1, 0.15) is 5.82 Å². The Morgan fingerprint density at radius 1 is 1.18 bits per heavy atom. The Morgan fingerprint density at radius 2 is 1.82 bits per heavy atom. The van der Waals surface area contributed by atoms with Gasteiger partial charge in [-0.25, -0.2) is 14.8 Å². The average molecular weight is 246 g/mol. The van der Waals surface area contributed by atoms with E-state index in [1.54, 1.807) is 11.8 Å². The molecule has 0 bridgehead atoms. The molecule has 1 N–H and O–H groups in total. The molecule has 0 amide bonds. The van der Waals surface area contributed by atoms with E-state index in [4.69, 9.17) is 5.11 Å². The number of carboxylic acid groups (broad SMARTS) is 1. The fourth-order valence-electron chi connectivity index (χ4n) is 1.20. The van der Waals surface area contributed by atoms with Crippen molar-refractivity contribution in [2.75, 3.05) is 0 Å². The van der Waals surface area contributed by atoms with Gasteiger partial charge in [0.05, 0.1) is 11.3 Å². The maximum Gasteiger partial charge on any atom is 0.338 e. The Balaban J connectivity index is 1.98. The van der Waals surface area contributed by atoms with Crippen LogP contribution in [0.15, 0.2) is 47.6 Å². The molecule has 0 atom stereocenters. The molecule has 5 heteroatoms. The number of aromatic nitrogens is 2. The van der Waals surface area contributed by atoms with Gasteiger partial charge in [0.15, 0.2) is 0 Å². The van der Waals surface area contributed by atoms with E-state index in [1.165, 1.54) is 12.4 Å². The molecule has 0 saturated heterocycles. The Hall–Kier alpha value is -1.88. The quantitative estimate of drug-likeness (QED) is 0.839. The number of hydrogen-bond acceptors (Lipinski definition) is 4. The summed E-state index contributed by atoms with van der Waals surface area (Å²) in [6.07, 6.45) is 2.66. The summed E-state index contributed by atoms with van der Waals surface area (Å²) in [5, 5.41) is 8.70. The second-order valence-electron chi connectivity index (χ2n) is 3.29. The molecular formula is C12H10N2O2S. The average Bonchev–Trinajstić information content (AvgIpc) is 2.38. The van der Waals surface area contributed by atoms with Crippen LogP contribution in [0.4, 0.5) is 0 Å². The zero-order valence-corrected chi connectivity index (χ0v) is 9.72. The largest absolute Gasteiger partial charge is 0.478 e. The SMILES string of the molecule is O=C(O)c1cnc(CSc2ccccc2)nc1. The number of rotatable bonds is 4. The normalized spacial score (nSPS) is 10.1. The van der Waals surface area contributed by atoms with Crippen LogP contribution in [0.25, 0.3) is 0 Å². The highest BCUT2D eigenvalue weighted by molar-refractivity contribution is 7.98. The summed E-state index contributed by atoms with van der Waals surface area (Å²) in [5.74, 6) is 0.250. The number of carboxylic acids is 1. The van der Waals surface area contributed by atoms with Crippen molar-refractivity contribution in [3.05, 3.63) is 54.1 Å². The third-order valence-electron chi connectivity index (χ3n) is 2.06. The van der Waals surface area contributed by atoms with Crippen LogP contribution in [0.3, 0.4) is 0 Å². The Morgan fingerprint density at radius 3 is 2.41 bits per heavy atom. The van der Waals surface area contributed by atoms with Crippen molar-refractivity contribution in [2.24, 2.45) is 0 Å². The number of benzene rings is 1. The van der Waals surface area contributed by atoms with E-state index >= 15 is 0 Å². The monoisotopic (exact) mass is 246 g/mol. The molecule has 0 aliphatic rings. The zero-order valence-electron chi connectivity index (χ0n) is 8.91. The Labute approximate surface area is 103 Å². The first-order valence-corrected chi connectivity index (χ1v) is 5.96. The van der Waals surface area contributed by atoms with E-state index in [9.17, 15) is 4.79 Å². The van der Waals surface area contributed by atoms with Crippen molar-refractivity contribution in [3.63, 3.8) is 0 Å². The molecule has 0 unspecified atom stereocenters. The van der Waals surface area contributed by atoms with Crippen molar-refractivity contribution < 1.29 is 9.90 Å². The predicted molar refractivity (Wildman–Crippen MR) is 65.0 cm³/mol. The minimum absolute atomic E-state index is 0.110. The highest BCUT2D eigenvalue weighted by atomic mass is 32.2. The highest BCUT2D eigenvalue weighted by Crippen LogP contribution is 2.20. The lowest BCUT2D eigenvalue weighted by Crippen LogP contribution is -2.00. The van der Waals surface area contributed by atoms with Crippen LogP contribution in [-0.4, -0.2) is 21.0 Å². The van der Waals surface area contributed by atoms with Gasteiger partial charge in [-0.3, -0.25) is 0 Å². The zero-order chi connectivity index (χ0) is 12.1. The number of carbonyl (C=O) groups is 1. The van der Waals surface area contributed by atoms with Gasteiger partial charge >= 0.3 is 5.97 Å². The van der Waals surface area contributed by atoms with E-state index < -0.39 is 5.97 Å². The molecule has 86 valence electrons. The van der Waals surface area contributed by atoms with E-state index in [0.717, 1.165) is 4.90 Å². The molecular weight excluding hydrogens is 236 g/mol. The Kier molecular flexibility index (Phi) is 3.72. The summed E-state index contributed by atoms with van der Waals surface area (Å²) in [7, 11) is 0. The van der Waals surface area contributed by atoms with Crippen molar-refractivity contribution in [1.29, 1.82) is 0 Å². The van der Waals surface area contributed by atoms with E-state index in [0.29, 0.717) is 11.6 Å². The molecule has 0 spiro atoms. The summed E-state index contributed by atoms with van der Waals surface area (Å²) in [6.45, 7) is 0. The van der Waals surface area contributed by atoms with Gasteiger partial charge in [-0.15, -0.1) is 11.8 Å². The van der Waals surface area contributed by atoms with Crippen molar-refractivity contribution in [1.82, 2.24) is 9.97 Å². The first-order chi connectivity index (χ1) is 8.25. The van der Waals surface area contributed by atoms with Crippen LogP contribution in [0, 0.1) is 0 Å². The fraction of sp³-hybridized carbons (Fsp3) is 0.0833. The topological polar surface area (TPSA) is 63.1 Å². The maximum absolute atomic E-state index is 10.6. The summed E-state index contributed by atoms with van der Waals surface area (Å²) >= 11 is 1.62. The van der Waals surface area contributed by atoms with Gasteiger partial charge in [0.2, 0.25) is 0 Å². The van der Waals surface area contributed by atoms with Crippen LogP contribution in [0.1, 0.15) is 16.2 Å². The third kappa shape index (κ3) is 3.29. The number of thioether (sulfide) groups is 1. The summed E-state index contributed by atoms with van der Waals surface area (Å²) in [6, 6.07) is 9.92. The lowest BCUT2D eigenvalue weighted by molar-refractivity contribution is 0.0696. The lowest BCUT2D eigenvalue weighted by Gasteiger charge is -2.00. The van der Waals surface area contributed by atoms with Gasteiger partial charge in [-0.2, -0.15) is 0 Å². The van der Waals surface area contributed by atoms with Crippen LogP contribution < -0.4 is 0 Å². The predicted octanol–water partition coefficient (Wildman–Crippen LogP) is 2.47. The van der Waals surface area contributed by atoms with Gasteiger partial charge in [0.25, 0.3) is 0 Å². The molecule has 1 aromatic heterocycles. The molecule has 0 saturated carbocycles. The number of aromatic carboxylic acids is 1. The van der Waals surface area contributed by atoms with Gasteiger partial charge < -0.3 is 5.11 Å².